The molecule has 0 bridgehead atoms. The maximum Gasteiger partial charge on any atom is 0.267 e. The number of benzene rings is 1. The van der Waals surface area contributed by atoms with Crippen molar-refractivity contribution in [1.82, 2.24) is 15.2 Å². The van der Waals surface area contributed by atoms with Crippen molar-refractivity contribution < 1.29 is 13.9 Å². The van der Waals surface area contributed by atoms with Crippen molar-refractivity contribution >= 4 is 11.9 Å². The molecule has 1 unspecified atom stereocenters. The van der Waals surface area contributed by atoms with Gasteiger partial charge in [0.15, 0.2) is 6.10 Å². The number of aromatic amines is 1. The maximum atomic E-state index is 13.0. The number of amides is 1. The lowest BCUT2D eigenvalue weighted by Crippen LogP contribution is -2.30. The van der Waals surface area contributed by atoms with E-state index in [9.17, 15) is 9.18 Å². The molecule has 1 atom stereocenters. The number of aryl methyl sites for hydroxylation is 1. The van der Waals surface area contributed by atoms with Gasteiger partial charge in [0.25, 0.3) is 5.91 Å². The monoisotopic (exact) mass is 264 g/mol. The van der Waals surface area contributed by atoms with E-state index in [0.717, 1.165) is 0 Å². The average molecular weight is 264 g/mol. The minimum Gasteiger partial charge on any atom is -0.481 e. The standard InChI is InChI=1S/C12H13FN4O2/c1-7(19-10-5-3-4-9(13)6-10)11(18)15-12-14-8(2)16-17-12/h3-7H,1-2H3,(H2,14,15,16,17,18). The zero-order chi connectivity index (χ0) is 13.8. The minimum absolute atomic E-state index is 0.178. The van der Waals surface area contributed by atoms with Gasteiger partial charge in [-0.2, -0.15) is 4.98 Å². The van der Waals surface area contributed by atoms with Crippen molar-refractivity contribution in [1.29, 1.82) is 0 Å². The van der Waals surface area contributed by atoms with E-state index in [4.69, 9.17) is 4.74 Å². The van der Waals surface area contributed by atoms with E-state index in [-0.39, 0.29) is 11.7 Å². The number of anilines is 1. The molecule has 0 saturated heterocycles. The Kier molecular flexibility index (Phi) is 3.74. The minimum atomic E-state index is -0.791. The van der Waals surface area contributed by atoms with Crippen LogP contribution in [0.15, 0.2) is 24.3 Å². The van der Waals surface area contributed by atoms with Gasteiger partial charge in [-0.15, -0.1) is 5.10 Å². The van der Waals surface area contributed by atoms with Crippen LogP contribution in [-0.2, 0) is 4.79 Å². The molecule has 2 rings (SSSR count). The number of hydrogen-bond acceptors (Lipinski definition) is 4. The van der Waals surface area contributed by atoms with Gasteiger partial charge in [-0.25, -0.2) is 4.39 Å². The maximum absolute atomic E-state index is 13.0. The van der Waals surface area contributed by atoms with Crippen LogP contribution in [0.25, 0.3) is 0 Å². The number of nitrogens with zero attached hydrogens (tertiary/aromatic N) is 2. The van der Waals surface area contributed by atoms with Crippen LogP contribution >= 0.6 is 0 Å². The van der Waals surface area contributed by atoms with Crippen LogP contribution in [0.2, 0.25) is 0 Å². The summed E-state index contributed by atoms with van der Waals surface area (Å²) >= 11 is 0. The van der Waals surface area contributed by atoms with Gasteiger partial charge in [-0.05, 0) is 26.0 Å². The predicted octanol–water partition coefficient (Wildman–Crippen LogP) is 1.66. The molecule has 100 valence electrons. The Balaban J connectivity index is 1.96. The number of hydrogen-bond donors (Lipinski definition) is 2. The van der Waals surface area contributed by atoms with Crippen molar-refractivity contribution in [2.24, 2.45) is 0 Å². The summed E-state index contributed by atoms with van der Waals surface area (Å²) in [6.07, 6.45) is -0.791. The first-order chi connectivity index (χ1) is 9.04. The van der Waals surface area contributed by atoms with E-state index >= 15 is 0 Å². The summed E-state index contributed by atoms with van der Waals surface area (Å²) in [5.74, 6) is 0.220. The Labute approximate surface area is 109 Å². The van der Waals surface area contributed by atoms with Gasteiger partial charge in [0.1, 0.15) is 17.4 Å². The molecule has 0 fully saturated rings. The molecular weight excluding hydrogens is 251 g/mol. The fraction of sp³-hybridized carbons (Fsp3) is 0.250. The van der Waals surface area contributed by atoms with Crippen molar-refractivity contribution in [3.8, 4) is 5.75 Å². The predicted molar refractivity (Wildman–Crippen MR) is 66.2 cm³/mol. The Hall–Kier alpha value is -2.44. The molecule has 0 radical (unpaired) electrons. The third kappa shape index (κ3) is 3.51. The first-order valence-corrected chi connectivity index (χ1v) is 5.66. The number of halogens is 1. The van der Waals surface area contributed by atoms with Gasteiger partial charge in [0.05, 0.1) is 0 Å². The lowest BCUT2D eigenvalue weighted by molar-refractivity contribution is -0.122. The molecule has 1 heterocycles. The molecular formula is C12H13FN4O2. The number of carbonyl (C=O) groups excluding carboxylic acids is 1. The molecule has 0 saturated carbocycles. The molecule has 7 heteroatoms. The Bertz CT molecular complexity index is 585. The summed E-state index contributed by atoms with van der Waals surface area (Å²) in [6.45, 7) is 3.27. The Morgan fingerprint density at radius 3 is 2.95 bits per heavy atom. The highest BCUT2D eigenvalue weighted by molar-refractivity contribution is 5.92. The lowest BCUT2D eigenvalue weighted by Gasteiger charge is -2.13. The zero-order valence-electron chi connectivity index (χ0n) is 10.5. The normalized spacial score (nSPS) is 11.9. The third-order valence-corrected chi connectivity index (χ3v) is 2.31. The molecule has 1 aromatic heterocycles. The Morgan fingerprint density at radius 2 is 2.32 bits per heavy atom. The van der Waals surface area contributed by atoms with E-state index < -0.39 is 17.8 Å². The second-order valence-electron chi connectivity index (χ2n) is 3.95. The highest BCUT2D eigenvalue weighted by Crippen LogP contribution is 2.14. The molecule has 19 heavy (non-hydrogen) atoms. The van der Waals surface area contributed by atoms with Crippen LogP contribution in [0.1, 0.15) is 12.7 Å². The zero-order valence-corrected chi connectivity index (χ0v) is 10.5. The highest BCUT2D eigenvalue weighted by atomic mass is 19.1. The topological polar surface area (TPSA) is 79.9 Å². The number of carbonyl (C=O) groups is 1. The quantitative estimate of drug-likeness (QED) is 0.880. The highest BCUT2D eigenvalue weighted by Gasteiger charge is 2.16. The van der Waals surface area contributed by atoms with E-state index in [1.165, 1.54) is 18.2 Å². The van der Waals surface area contributed by atoms with Crippen LogP contribution in [0.3, 0.4) is 0 Å². The number of H-pyrrole nitrogens is 1. The average Bonchev–Trinajstić information content (AvgIpc) is 2.74. The SMILES string of the molecule is Cc1nc(NC(=O)C(C)Oc2cccc(F)c2)n[nH]1. The van der Waals surface area contributed by atoms with Crippen LogP contribution in [0.4, 0.5) is 10.3 Å². The fourth-order valence-corrected chi connectivity index (χ4v) is 1.41. The van der Waals surface area contributed by atoms with Crippen LogP contribution in [-0.4, -0.2) is 27.2 Å². The smallest absolute Gasteiger partial charge is 0.267 e. The van der Waals surface area contributed by atoms with Crippen molar-refractivity contribution in [2.75, 3.05) is 5.32 Å². The first-order valence-electron chi connectivity index (χ1n) is 5.66. The molecule has 0 spiro atoms. The second kappa shape index (κ2) is 5.47. The number of aromatic nitrogens is 3. The summed E-state index contributed by atoms with van der Waals surface area (Å²) in [5, 5.41) is 8.87. The van der Waals surface area contributed by atoms with Gasteiger partial charge in [0.2, 0.25) is 5.95 Å². The van der Waals surface area contributed by atoms with Crippen molar-refractivity contribution in [2.45, 2.75) is 20.0 Å². The van der Waals surface area contributed by atoms with Crippen molar-refractivity contribution in [3.05, 3.63) is 35.9 Å². The van der Waals surface area contributed by atoms with Crippen LogP contribution < -0.4 is 10.1 Å². The van der Waals surface area contributed by atoms with Gasteiger partial charge in [-0.1, -0.05) is 6.07 Å². The fourth-order valence-electron chi connectivity index (χ4n) is 1.41. The van der Waals surface area contributed by atoms with Gasteiger partial charge in [-0.3, -0.25) is 15.2 Å². The van der Waals surface area contributed by atoms with E-state index in [0.29, 0.717) is 5.82 Å². The van der Waals surface area contributed by atoms with E-state index in [2.05, 4.69) is 20.5 Å². The van der Waals surface area contributed by atoms with Gasteiger partial charge in [0, 0.05) is 6.07 Å². The lowest BCUT2D eigenvalue weighted by atomic mass is 10.3. The number of rotatable bonds is 4. The first kappa shape index (κ1) is 13.0. The summed E-state index contributed by atoms with van der Waals surface area (Å²) in [5.41, 5.74) is 0. The largest absolute Gasteiger partial charge is 0.481 e. The summed E-state index contributed by atoms with van der Waals surface area (Å²) < 4.78 is 18.3. The number of ether oxygens (including phenoxy) is 1. The van der Waals surface area contributed by atoms with Gasteiger partial charge < -0.3 is 4.74 Å². The molecule has 1 aromatic carbocycles. The summed E-state index contributed by atoms with van der Waals surface area (Å²) in [7, 11) is 0. The number of nitrogens with one attached hydrogen (secondary N) is 2. The second-order valence-corrected chi connectivity index (χ2v) is 3.95. The molecule has 2 N–H and O–H groups in total. The van der Waals surface area contributed by atoms with Crippen LogP contribution in [0.5, 0.6) is 5.75 Å². The molecule has 0 aliphatic rings. The molecule has 0 aliphatic heterocycles. The van der Waals surface area contributed by atoms with Crippen LogP contribution in [0, 0.1) is 12.7 Å². The molecule has 6 nitrogen and oxygen atoms in total. The third-order valence-electron chi connectivity index (χ3n) is 2.31. The molecule has 2 aromatic rings. The summed E-state index contributed by atoms with van der Waals surface area (Å²) in [6, 6.07) is 5.59. The van der Waals surface area contributed by atoms with E-state index in [1.54, 1.807) is 19.9 Å². The van der Waals surface area contributed by atoms with E-state index in [1.807, 2.05) is 0 Å². The van der Waals surface area contributed by atoms with Crippen molar-refractivity contribution in [3.63, 3.8) is 0 Å². The Morgan fingerprint density at radius 1 is 1.53 bits per heavy atom. The molecule has 0 aliphatic carbocycles. The molecule has 1 amide bonds. The van der Waals surface area contributed by atoms with Gasteiger partial charge >= 0.3 is 0 Å². The summed E-state index contributed by atoms with van der Waals surface area (Å²) in [4.78, 5) is 15.7.